The Morgan fingerprint density at radius 3 is 2.11 bits per heavy atom. The lowest BCUT2D eigenvalue weighted by atomic mass is 9.73. The van der Waals surface area contributed by atoms with E-state index in [1.165, 1.54) is 24.1 Å². The molecular formula is C22H25F2N3O. The lowest BCUT2D eigenvalue weighted by Crippen LogP contribution is -2.62. The van der Waals surface area contributed by atoms with Crippen LogP contribution in [0.4, 0.5) is 8.78 Å². The minimum absolute atomic E-state index is 0.0404. The molecule has 2 N–H and O–H groups in total. The molecule has 1 heterocycles. The lowest BCUT2D eigenvalue weighted by Gasteiger charge is -2.46. The number of likely N-dealkylation sites (N-methyl/N-ethyl adjacent to an activating group) is 1. The fourth-order valence-corrected chi connectivity index (χ4v) is 3.70. The van der Waals surface area contributed by atoms with E-state index in [4.69, 9.17) is 5.41 Å². The van der Waals surface area contributed by atoms with Gasteiger partial charge >= 0.3 is 0 Å². The van der Waals surface area contributed by atoms with Crippen LogP contribution in [0.1, 0.15) is 50.3 Å². The number of nitrogens with zero attached hydrogens (tertiary/aromatic N) is 1. The number of nitrogens with one attached hydrogen (secondary N) is 2. The van der Waals surface area contributed by atoms with Crippen molar-refractivity contribution in [3.63, 3.8) is 0 Å². The van der Waals surface area contributed by atoms with Crippen LogP contribution in [0.15, 0.2) is 42.5 Å². The number of hydrogen-bond acceptors (Lipinski definition) is 2. The molecule has 0 spiro atoms. The molecule has 0 saturated carbocycles. The molecule has 2 atom stereocenters. The van der Waals surface area contributed by atoms with Gasteiger partial charge in [-0.3, -0.25) is 15.1 Å². The van der Waals surface area contributed by atoms with Crippen molar-refractivity contribution in [2.24, 2.45) is 0 Å². The SMILES string of the molecule is CN1C(=N)N[C@](C)(c2cc(F)cc(F)c2)[C@@H](c2ccc(C(C)(C)C)cc2)C1=O. The summed E-state index contributed by atoms with van der Waals surface area (Å²) in [6.45, 7) is 8.00. The van der Waals surface area contributed by atoms with Crippen LogP contribution in [0.2, 0.25) is 0 Å². The smallest absolute Gasteiger partial charge is 0.239 e. The van der Waals surface area contributed by atoms with Crippen LogP contribution in [-0.4, -0.2) is 23.8 Å². The van der Waals surface area contributed by atoms with Crippen molar-refractivity contribution < 1.29 is 13.6 Å². The van der Waals surface area contributed by atoms with E-state index >= 15 is 0 Å². The number of guanidine groups is 1. The summed E-state index contributed by atoms with van der Waals surface area (Å²) in [5, 5.41) is 11.1. The zero-order valence-corrected chi connectivity index (χ0v) is 16.7. The van der Waals surface area contributed by atoms with E-state index in [9.17, 15) is 13.6 Å². The van der Waals surface area contributed by atoms with E-state index < -0.39 is 23.1 Å². The van der Waals surface area contributed by atoms with Crippen molar-refractivity contribution in [1.29, 1.82) is 5.41 Å². The Morgan fingerprint density at radius 2 is 1.61 bits per heavy atom. The summed E-state index contributed by atoms with van der Waals surface area (Å²) in [6.07, 6.45) is 0. The van der Waals surface area contributed by atoms with Gasteiger partial charge in [-0.25, -0.2) is 8.78 Å². The number of amides is 1. The largest absolute Gasteiger partial charge is 0.346 e. The van der Waals surface area contributed by atoms with Crippen LogP contribution in [0.3, 0.4) is 0 Å². The average Bonchev–Trinajstić information content (AvgIpc) is 2.59. The number of rotatable bonds is 2. The lowest BCUT2D eigenvalue weighted by molar-refractivity contribution is -0.131. The summed E-state index contributed by atoms with van der Waals surface area (Å²) in [5.74, 6) is -2.61. The molecule has 6 heteroatoms. The summed E-state index contributed by atoms with van der Waals surface area (Å²) in [7, 11) is 1.51. The van der Waals surface area contributed by atoms with Gasteiger partial charge in [-0.1, -0.05) is 45.0 Å². The molecule has 0 radical (unpaired) electrons. The van der Waals surface area contributed by atoms with Crippen molar-refractivity contribution in [2.45, 2.75) is 44.6 Å². The third-order valence-electron chi connectivity index (χ3n) is 5.44. The van der Waals surface area contributed by atoms with Crippen molar-refractivity contribution in [3.8, 4) is 0 Å². The van der Waals surface area contributed by atoms with Crippen LogP contribution >= 0.6 is 0 Å². The summed E-state index contributed by atoms with van der Waals surface area (Å²) in [4.78, 5) is 14.4. The Balaban J connectivity index is 2.16. The second kappa shape index (κ2) is 6.69. The minimum Gasteiger partial charge on any atom is -0.346 e. The molecular weight excluding hydrogens is 360 g/mol. The van der Waals surface area contributed by atoms with Crippen molar-refractivity contribution >= 4 is 11.9 Å². The first-order valence-corrected chi connectivity index (χ1v) is 9.15. The maximum Gasteiger partial charge on any atom is 0.239 e. The molecule has 0 unspecified atom stereocenters. The second-order valence-corrected chi connectivity index (χ2v) is 8.54. The third kappa shape index (κ3) is 3.39. The van der Waals surface area contributed by atoms with Gasteiger partial charge in [0.2, 0.25) is 5.91 Å². The molecule has 28 heavy (non-hydrogen) atoms. The fourth-order valence-electron chi connectivity index (χ4n) is 3.70. The molecule has 0 aromatic heterocycles. The standard InChI is InChI=1S/C22H25F2N3O/c1-21(2,3)14-8-6-13(7-9-14)18-19(28)27(5)20(25)26-22(18,4)15-10-16(23)12-17(24)11-15/h6-12,18H,1-5H3,(H2,25,26)/t18-,22+/m0/s1. The normalized spacial score (nSPS) is 23.0. The number of carbonyl (C=O) groups is 1. The number of carbonyl (C=O) groups excluding carboxylic acids is 1. The first-order chi connectivity index (χ1) is 12.9. The predicted octanol–water partition coefficient (Wildman–Crippen LogP) is 4.26. The maximum atomic E-state index is 13.9. The Morgan fingerprint density at radius 1 is 1.07 bits per heavy atom. The molecule has 148 valence electrons. The first-order valence-electron chi connectivity index (χ1n) is 9.15. The van der Waals surface area contributed by atoms with Gasteiger partial charge in [0.05, 0.1) is 11.5 Å². The first kappa shape index (κ1) is 20.0. The van der Waals surface area contributed by atoms with Gasteiger partial charge in [0, 0.05) is 13.1 Å². The fraction of sp³-hybridized carbons (Fsp3) is 0.364. The molecule has 1 aliphatic heterocycles. The molecule has 0 bridgehead atoms. The van der Waals surface area contributed by atoms with Gasteiger partial charge in [-0.2, -0.15) is 0 Å². The number of halogens is 2. The molecule has 2 aromatic rings. The van der Waals surface area contributed by atoms with E-state index in [0.29, 0.717) is 0 Å². The maximum absolute atomic E-state index is 13.9. The summed E-state index contributed by atoms with van der Waals surface area (Å²) >= 11 is 0. The molecule has 1 fully saturated rings. The van der Waals surface area contributed by atoms with Gasteiger partial charge in [0.1, 0.15) is 11.6 Å². The van der Waals surface area contributed by atoms with Gasteiger partial charge in [0.15, 0.2) is 5.96 Å². The number of benzene rings is 2. The topological polar surface area (TPSA) is 56.2 Å². The van der Waals surface area contributed by atoms with Crippen LogP contribution < -0.4 is 5.32 Å². The van der Waals surface area contributed by atoms with E-state index in [-0.39, 0.29) is 22.8 Å². The summed E-state index contributed by atoms with van der Waals surface area (Å²) < 4.78 is 27.8. The molecule has 2 aromatic carbocycles. The average molecular weight is 385 g/mol. The highest BCUT2D eigenvalue weighted by Gasteiger charge is 2.48. The van der Waals surface area contributed by atoms with E-state index in [1.54, 1.807) is 6.92 Å². The molecule has 3 rings (SSSR count). The van der Waals surface area contributed by atoms with Crippen LogP contribution in [0.25, 0.3) is 0 Å². The Kier molecular flexibility index (Phi) is 4.77. The Labute approximate surface area is 164 Å². The van der Waals surface area contributed by atoms with Crippen LogP contribution in [0.5, 0.6) is 0 Å². The van der Waals surface area contributed by atoms with Crippen molar-refractivity contribution in [1.82, 2.24) is 10.2 Å². The van der Waals surface area contributed by atoms with Crippen molar-refractivity contribution in [3.05, 3.63) is 70.8 Å². The second-order valence-electron chi connectivity index (χ2n) is 8.54. The van der Waals surface area contributed by atoms with E-state index in [2.05, 4.69) is 26.1 Å². The molecule has 1 amide bonds. The Bertz CT molecular complexity index is 914. The van der Waals surface area contributed by atoms with Crippen LogP contribution in [-0.2, 0) is 15.7 Å². The number of hydrogen-bond donors (Lipinski definition) is 2. The zero-order chi connectivity index (χ0) is 20.9. The molecule has 4 nitrogen and oxygen atoms in total. The third-order valence-corrected chi connectivity index (χ3v) is 5.44. The van der Waals surface area contributed by atoms with Gasteiger partial charge < -0.3 is 5.32 Å². The monoisotopic (exact) mass is 385 g/mol. The molecule has 1 saturated heterocycles. The van der Waals surface area contributed by atoms with E-state index in [1.807, 2.05) is 24.3 Å². The highest BCUT2D eigenvalue weighted by atomic mass is 19.1. The van der Waals surface area contributed by atoms with E-state index in [0.717, 1.165) is 17.2 Å². The minimum atomic E-state index is -1.17. The summed E-state index contributed by atoms with van der Waals surface area (Å²) in [6, 6.07) is 10.9. The predicted molar refractivity (Wildman–Crippen MR) is 105 cm³/mol. The highest BCUT2D eigenvalue weighted by Crippen LogP contribution is 2.41. The van der Waals surface area contributed by atoms with Crippen LogP contribution in [0, 0.1) is 17.0 Å². The van der Waals surface area contributed by atoms with Crippen molar-refractivity contribution in [2.75, 3.05) is 7.05 Å². The Hall–Kier alpha value is -2.76. The molecule has 1 aliphatic rings. The highest BCUT2D eigenvalue weighted by molar-refractivity contribution is 6.02. The van der Waals surface area contributed by atoms with Gasteiger partial charge in [-0.05, 0) is 41.2 Å². The zero-order valence-electron chi connectivity index (χ0n) is 16.7. The van der Waals surface area contributed by atoms with Gasteiger partial charge in [-0.15, -0.1) is 0 Å². The molecule has 0 aliphatic carbocycles. The van der Waals surface area contributed by atoms with Gasteiger partial charge in [0.25, 0.3) is 0 Å². The quantitative estimate of drug-likeness (QED) is 0.812. The summed E-state index contributed by atoms with van der Waals surface area (Å²) in [5.41, 5.74) is 0.902.